The highest BCUT2D eigenvalue weighted by molar-refractivity contribution is 5.86. The van der Waals surface area contributed by atoms with Crippen LogP contribution in [0.3, 0.4) is 0 Å². The molecule has 6 rings (SSSR count). The number of carbonyl (C=O) groups is 3. The number of likely N-dealkylation sites (tertiary alicyclic amines) is 1. The van der Waals surface area contributed by atoms with Gasteiger partial charge in [0.05, 0.1) is 14.2 Å². The topological polar surface area (TPSA) is 103 Å². The van der Waals surface area contributed by atoms with Crippen LogP contribution in [0.2, 0.25) is 0 Å². The Bertz CT molecular complexity index is 1800. The van der Waals surface area contributed by atoms with Crippen LogP contribution in [0.25, 0.3) is 11.1 Å². The van der Waals surface area contributed by atoms with E-state index in [1.807, 2.05) is 68.4 Å². The molecule has 51 heavy (non-hydrogen) atoms. The highest BCUT2D eigenvalue weighted by Crippen LogP contribution is 2.44. The van der Waals surface area contributed by atoms with Crippen molar-refractivity contribution in [3.63, 3.8) is 0 Å². The highest BCUT2D eigenvalue weighted by atomic mass is 16.6. The van der Waals surface area contributed by atoms with Gasteiger partial charge in [-0.25, -0.2) is 9.59 Å². The lowest BCUT2D eigenvalue weighted by Gasteiger charge is -2.32. The molecule has 0 unspecified atom stereocenters. The number of ether oxygens (including phenoxy) is 4. The van der Waals surface area contributed by atoms with Crippen molar-refractivity contribution in [2.45, 2.75) is 57.7 Å². The van der Waals surface area contributed by atoms with E-state index in [1.54, 1.807) is 37.3 Å². The largest absolute Gasteiger partial charge is 0.497 e. The molecule has 9 nitrogen and oxygen atoms in total. The van der Waals surface area contributed by atoms with Gasteiger partial charge in [-0.05, 0) is 58.7 Å². The van der Waals surface area contributed by atoms with E-state index in [0.29, 0.717) is 23.6 Å². The molecule has 2 aliphatic rings. The SMILES string of the molecule is COc1ccc(COC(=O)[C@H](Cc2ccccc2)NC(=O)[C@H](C)[C@@H](C)[C@@H]2CCCN2C(=O)OCC2c3ccccc3-c3ccccc32)c(OC)c1. The van der Waals surface area contributed by atoms with Crippen LogP contribution < -0.4 is 14.8 Å². The van der Waals surface area contributed by atoms with E-state index in [0.717, 1.165) is 29.5 Å². The van der Waals surface area contributed by atoms with Gasteiger partial charge in [0, 0.05) is 42.5 Å². The highest BCUT2D eigenvalue weighted by Gasteiger charge is 2.39. The zero-order valence-electron chi connectivity index (χ0n) is 29.7. The molecule has 4 aromatic rings. The van der Waals surface area contributed by atoms with E-state index >= 15 is 0 Å². The molecule has 1 aliphatic heterocycles. The normalized spacial score (nSPS) is 16.7. The number of fused-ring (bicyclic) bond motifs is 3. The number of nitrogens with zero attached hydrogens (tertiary/aromatic N) is 1. The Morgan fingerprint density at radius 3 is 2.16 bits per heavy atom. The summed E-state index contributed by atoms with van der Waals surface area (Å²) in [4.78, 5) is 42.7. The van der Waals surface area contributed by atoms with Crippen molar-refractivity contribution in [2.75, 3.05) is 27.4 Å². The predicted molar refractivity (Wildman–Crippen MR) is 195 cm³/mol. The monoisotopic (exact) mass is 690 g/mol. The summed E-state index contributed by atoms with van der Waals surface area (Å²) in [5, 5.41) is 2.98. The van der Waals surface area contributed by atoms with Crippen LogP contribution in [0.5, 0.6) is 11.5 Å². The lowest BCUT2D eigenvalue weighted by Crippen LogP contribution is -2.49. The molecule has 4 aromatic carbocycles. The first-order valence-corrected chi connectivity index (χ1v) is 17.6. The zero-order valence-corrected chi connectivity index (χ0v) is 29.7. The van der Waals surface area contributed by atoms with Crippen molar-refractivity contribution in [1.82, 2.24) is 10.2 Å². The van der Waals surface area contributed by atoms with Crippen molar-refractivity contribution in [1.29, 1.82) is 0 Å². The molecule has 1 heterocycles. The lowest BCUT2D eigenvalue weighted by molar-refractivity contribution is -0.149. The molecule has 1 aliphatic carbocycles. The van der Waals surface area contributed by atoms with E-state index in [-0.39, 0.29) is 49.5 Å². The van der Waals surface area contributed by atoms with Crippen molar-refractivity contribution in [3.8, 4) is 22.6 Å². The van der Waals surface area contributed by atoms with E-state index in [4.69, 9.17) is 18.9 Å². The Hall–Kier alpha value is -5.31. The van der Waals surface area contributed by atoms with Crippen molar-refractivity contribution in [3.05, 3.63) is 119 Å². The van der Waals surface area contributed by atoms with Gasteiger partial charge in [0.15, 0.2) is 0 Å². The fourth-order valence-electron chi connectivity index (χ4n) is 7.38. The molecule has 0 aromatic heterocycles. The fraction of sp³-hybridized carbons (Fsp3) is 0.357. The smallest absolute Gasteiger partial charge is 0.410 e. The number of rotatable bonds is 13. The Morgan fingerprint density at radius 2 is 1.49 bits per heavy atom. The molecule has 1 N–H and O–H groups in total. The van der Waals surface area contributed by atoms with Crippen LogP contribution in [0, 0.1) is 11.8 Å². The minimum atomic E-state index is -0.916. The summed E-state index contributed by atoms with van der Waals surface area (Å²) in [6.07, 6.45) is 1.49. The predicted octanol–water partition coefficient (Wildman–Crippen LogP) is 7.16. The first-order valence-electron chi connectivity index (χ1n) is 17.6. The van der Waals surface area contributed by atoms with Crippen molar-refractivity contribution >= 4 is 18.0 Å². The number of hydrogen-bond acceptors (Lipinski definition) is 7. The molecule has 0 saturated carbocycles. The summed E-state index contributed by atoms with van der Waals surface area (Å²) in [7, 11) is 3.11. The molecule has 1 fully saturated rings. The van der Waals surface area contributed by atoms with Crippen LogP contribution in [0.15, 0.2) is 97.1 Å². The average Bonchev–Trinajstić information content (AvgIpc) is 3.79. The summed E-state index contributed by atoms with van der Waals surface area (Å²) in [5.41, 5.74) is 6.24. The van der Waals surface area contributed by atoms with Crippen LogP contribution in [-0.2, 0) is 32.1 Å². The molecular weight excluding hydrogens is 644 g/mol. The minimum absolute atomic E-state index is 0.0309. The van der Waals surface area contributed by atoms with Gasteiger partial charge in [0.25, 0.3) is 0 Å². The molecule has 0 bridgehead atoms. The number of methoxy groups -OCH3 is 2. The second kappa shape index (κ2) is 16.1. The van der Waals surface area contributed by atoms with Gasteiger partial charge < -0.3 is 29.2 Å². The number of esters is 1. The van der Waals surface area contributed by atoms with Gasteiger partial charge in [0.1, 0.15) is 30.8 Å². The molecule has 9 heteroatoms. The van der Waals surface area contributed by atoms with Gasteiger partial charge in [-0.15, -0.1) is 0 Å². The minimum Gasteiger partial charge on any atom is -0.497 e. The van der Waals surface area contributed by atoms with E-state index in [1.165, 1.54) is 11.1 Å². The Morgan fingerprint density at radius 1 is 0.824 bits per heavy atom. The molecule has 266 valence electrons. The summed E-state index contributed by atoms with van der Waals surface area (Å²) < 4.78 is 22.5. The van der Waals surface area contributed by atoms with Gasteiger partial charge in [0.2, 0.25) is 5.91 Å². The van der Waals surface area contributed by atoms with Crippen LogP contribution >= 0.6 is 0 Å². The second-order valence-electron chi connectivity index (χ2n) is 13.4. The molecule has 0 spiro atoms. The quantitative estimate of drug-likeness (QED) is 0.149. The third-order valence-electron chi connectivity index (χ3n) is 10.4. The maximum absolute atomic E-state index is 13.8. The maximum atomic E-state index is 13.8. The Labute approximate surface area is 299 Å². The summed E-state index contributed by atoms with van der Waals surface area (Å²) in [5.74, 6) is -0.386. The number of benzene rings is 4. The average molecular weight is 691 g/mol. The first kappa shape index (κ1) is 35.5. The molecular formula is C42H46N2O7. The van der Waals surface area contributed by atoms with Gasteiger partial charge >= 0.3 is 12.1 Å². The summed E-state index contributed by atoms with van der Waals surface area (Å²) in [6, 6.07) is 30.2. The third kappa shape index (κ3) is 7.88. The number of hydrogen-bond donors (Lipinski definition) is 1. The van der Waals surface area contributed by atoms with Gasteiger partial charge in [-0.3, -0.25) is 4.79 Å². The Kier molecular flexibility index (Phi) is 11.2. The van der Waals surface area contributed by atoms with Crippen LogP contribution in [0.4, 0.5) is 4.79 Å². The van der Waals surface area contributed by atoms with Gasteiger partial charge in [-0.1, -0.05) is 92.7 Å². The number of amides is 2. The van der Waals surface area contributed by atoms with E-state index in [2.05, 4.69) is 29.6 Å². The molecule has 0 radical (unpaired) electrons. The van der Waals surface area contributed by atoms with E-state index < -0.39 is 17.9 Å². The fourth-order valence-corrected chi connectivity index (χ4v) is 7.38. The van der Waals surface area contributed by atoms with Crippen LogP contribution in [0.1, 0.15) is 54.9 Å². The van der Waals surface area contributed by atoms with Crippen LogP contribution in [-0.4, -0.2) is 62.3 Å². The third-order valence-corrected chi connectivity index (χ3v) is 10.4. The zero-order chi connectivity index (χ0) is 35.9. The Balaban J connectivity index is 1.10. The van der Waals surface area contributed by atoms with Gasteiger partial charge in [-0.2, -0.15) is 0 Å². The van der Waals surface area contributed by atoms with Crippen molar-refractivity contribution < 1.29 is 33.3 Å². The summed E-state index contributed by atoms with van der Waals surface area (Å²) >= 11 is 0. The summed E-state index contributed by atoms with van der Waals surface area (Å²) in [6.45, 7) is 4.62. The second-order valence-corrected chi connectivity index (χ2v) is 13.4. The van der Waals surface area contributed by atoms with E-state index in [9.17, 15) is 14.4 Å². The standard InChI is InChI=1S/C42H46N2O7/c1-27(38-19-12-22-44(38)42(47)51-26-36-34-17-10-8-15-32(34)33-16-9-11-18-35(33)36)28(2)40(45)43-37(23-29-13-6-5-7-14-29)41(46)50-25-30-20-21-31(48-3)24-39(30)49-4/h5-11,13-18,20-21,24,27-28,36-38H,12,19,22-23,25-26H2,1-4H3,(H,43,45)/t27-,28-,37+,38+/m1/s1. The molecule has 2 amide bonds. The first-order chi connectivity index (χ1) is 24.8. The maximum Gasteiger partial charge on any atom is 0.410 e. The number of carbonyl (C=O) groups excluding carboxylic acids is 3. The molecule has 4 atom stereocenters. The number of nitrogens with one attached hydrogen (secondary N) is 1. The lowest BCUT2D eigenvalue weighted by atomic mass is 9.86. The molecule has 1 saturated heterocycles. The van der Waals surface area contributed by atoms with Crippen molar-refractivity contribution in [2.24, 2.45) is 11.8 Å².